The van der Waals surface area contributed by atoms with E-state index in [4.69, 9.17) is 4.55 Å². The van der Waals surface area contributed by atoms with Gasteiger partial charge in [-0.3, -0.25) is 4.55 Å². The van der Waals surface area contributed by atoms with Gasteiger partial charge in [-0.1, -0.05) is 17.7 Å². The van der Waals surface area contributed by atoms with Crippen molar-refractivity contribution in [3.63, 3.8) is 0 Å². The van der Waals surface area contributed by atoms with E-state index in [1.165, 1.54) is 12.1 Å². The summed E-state index contributed by atoms with van der Waals surface area (Å²) >= 11 is 0. The van der Waals surface area contributed by atoms with E-state index in [2.05, 4.69) is 4.74 Å². The normalized spacial score (nSPS) is 14.9. The Kier molecular flexibility index (Phi) is 11.6. The van der Waals surface area contributed by atoms with Crippen molar-refractivity contribution >= 4 is 19.4 Å². The summed E-state index contributed by atoms with van der Waals surface area (Å²) in [5, 5.41) is 0. The molecule has 1 aromatic carbocycles. The molecular weight excluding hydrogens is 666 g/mol. The van der Waals surface area contributed by atoms with Crippen LogP contribution in [0.15, 0.2) is 29.2 Å². The lowest BCUT2D eigenvalue weighted by atomic mass is 9.90. The molecule has 41 heavy (non-hydrogen) atoms. The van der Waals surface area contributed by atoms with Gasteiger partial charge >= 0.3 is 47.8 Å². The average molecular weight is 682 g/mol. The van der Waals surface area contributed by atoms with Gasteiger partial charge in [0.2, 0.25) is 0 Å². The smallest absolute Gasteiger partial charge is 0.315 e. The Hall–Kier alpha value is -1.67. The Bertz CT molecular complexity index is 1120. The highest BCUT2D eigenvalue weighted by molar-refractivity contribution is 7.85. The number of hydrogen-bond donors (Lipinski definition) is 1. The summed E-state index contributed by atoms with van der Waals surface area (Å²) in [6.07, 6.45) is -15.4. The SMILES string of the molecule is Cc1ccc(S(=O)(=O)O)cc1.FC(F)(F)C(F)(F)C(F)(F)C(F)(F)C(F)(F)C(F)(F)C(F)(F)C(F)(F)OCCCP. The van der Waals surface area contributed by atoms with Gasteiger partial charge in [0.1, 0.15) is 0 Å². The van der Waals surface area contributed by atoms with Gasteiger partial charge in [-0.15, -0.1) is 9.24 Å². The molecule has 0 spiro atoms. The molecule has 0 bridgehead atoms. The fraction of sp³-hybridized carbons (Fsp3) is 0.667. The summed E-state index contributed by atoms with van der Waals surface area (Å²) in [6.45, 7) is 0.250. The molecule has 0 fully saturated rings. The zero-order chi connectivity index (χ0) is 33.3. The van der Waals surface area contributed by atoms with Crippen molar-refractivity contribution in [1.82, 2.24) is 0 Å². The van der Waals surface area contributed by atoms with Crippen LogP contribution in [0.3, 0.4) is 0 Å². The quantitative estimate of drug-likeness (QED) is 0.114. The minimum absolute atomic E-state index is 0.0666. The van der Waals surface area contributed by atoms with E-state index >= 15 is 0 Å². The maximum Gasteiger partial charge on any atom is 0.460 e. The summed E-state index contributed by atoms with van der Waals surface area (Å²) in [6, 6.07) is 5.99. The molecule has 0 amide bonds. The van der Waals surface area contributed by atoms with E-state index in [0.29, 0.717) is 0 Å². The van der Waals surface area contributed by atoms with Crippen molar-refractivity contribution in [3.05, 3.63) is 29.8 Å². The number of rotatable bonds is 11. The topological polar surface area (TPSA) is 63.6 Å². The lowest BCUT2D eigenvalue weighted by molar-refractivity contribution is -0.477. The average Bonchev–Trinajstić information content (AvgIpc) is 2.77. The highest BCUT2D eigenvalue weighted by atomic mass is 32.2. The van der Waals surface area contributed by atoms with Gasteiger partial charge in [0, 0.05) is 0 Å². The maximum absolute atomic E-state index is 13.3. The first-order valence-corrected chi connectivity index (χ1v) is 12.2. The third-order valence-electron chi connectivity index (χ3n) is 4.64. The Morgan fingerprint density at radius 2 is 1.00 bits per heavy atom. The number of aryl methyl sites for hydroxylation is 1. The molecule has 23 heteroatoms. The Balaban J connectivity index is 0.00000120. The van der Waals surface area contributed by atoms with Crippen LogP contribution < -0.4 is 0 Å². The highest BCUT2D eigenvalue weighted by Gasteiger charge is 2.95. The van der Waals surface area contributed by atoms with Crippen LogP contribution >= 0.6 is 9.24 Å². The van der Waals surface area contributed by atoms with Crippen LogP contribution in [-0.4, -0.2) is 73.6 Å². The van der Waals surface area contributed by atoms with Crippen molar-refractivity contribution in [1.29, 1.82) is 0 Å². The van der Waals surface area contributed by atoms with Crippen LogP contribution in [0.25, 0.3) is 0 Å². The molecule has 0 radical (unpaired) electrons. The minimum Gasteiger partial charge on any atom is -0.315 e. The summed E-state index contributed by atoms with van der Waals surface area (Å²) in [5.41, 5.74) is 0.956. The van der Waals surface area contributed by atoms with Gasteiger partial charge in [0.25, 0.3) is 10.1 Å². The molecular formula is C18H16F17O4PS. The second-order valence-electron chi connectivity index (χ2n) is 7.74. The number of halogens is 17. The Morgan fingerprint density at radius 3 is 1.32 bits per heavy atom. The molecule has 0 saturated heterocycles. The van der Waals surface area contributed by atoms with E-state index in [-0.39, 0.29) is 11.1 Å². The lowest BCUT2D eigenvalue weighted by Gasteiger charge is -2.42. The monoisotopic (exact) mass is 682 g/mol. The first-order valence-electron chi connectivity index (χ1n) is 9.91. The summed E-state index contributed by atoms with van der Waals surface area (Å²) < 4.78 is 251. The summed E-state index contributed by atoms with van der Waals surface area (Å²) in [7, 11) is -2.25. The summed E-state index contributed by atoms with van der Waals surface area (Å²) in [4.78, 5) is -0.0666. The van der Waals surface area contributed by atoms with Crippen molar-refractivity contribution in [2.75, 3.05) is 12.8 Å². The third kappa shape index (κ3) is 7.29. The lowest BCUT2D eigenvalue weighted by Crippen LogP contribution is -2.74. The van der Waals surface area contributed by atoms with E-state index in [9.17, 15) is 83.1 Å². The van der Waals surface area contributed by atoms with Crippen LogP contribution in [0.4, 0.5) is 74.6 Å². The molecule has 0 saturated carbocycles. The predicted octanol–water partition coefficient (Wildman–Crippen LogP) is 7.48. The van der Waals surface area contributed by atoms with Crippen molar-refractivity contribution in [3.8, 4) is 0 Å². The van der Waals surface area contributed by atoms with E-state index in [1.807, 2.05) is 6.92 Å². The van der Waals surface area contributed by atoms with Crippen LogP contribution in [0.1, 0.15) is 12.0 Å². The molecule has 1 rings (SSSR count). The van der Waals surface area contributed by atoms with Gasteiger partial charge in [-0.2, -0.15) is 83.1 Å². The second-order valence-corrected chi connectivity index (χ2v) is 9.74. The summed E-state index contributed by atoms with van der Waals surface area (Å²) in [5.74, 6) is -50.0. The molecule has 0 aliphatic carbocycles. The van der Waals surface area contributed by atoms with Gasteiger partial charge < -0.3 is 4.74 Å². The largest absolute Gasteiger partial charge is 0.460 e. The zero-order valence-electron chi connectivity index (χ0n) is 19.5. The van der Waals surface area contributed by atoms with Crippen LogP contribution in [0, 0.1) is 6.92 Å². The molecule has 0 heterocycles. The molecule has 1 aromatic rings. The van der Waals surface area contributed by atoms with E-state index in [0.717, 1.165) is 5.56 Å². The minimum atomic E-state index is -8.62. The molecule has 242 valence electrons. The fourth-order valence-corrected chi connectivity index (χ4v) is 2.88. The number of hydrogen-bond acceptors (Lipinski definition) is 3. The fourth-order valence-electron chi connectivity index (χ4n) is 2.23. The molecule has 1 atom stereocenters. The standard InChI is InChI=1S/C11H8F17OP.C7H8O3S/c12-4(13,6(16,17)8(20,21)10(24,25)26)5(14,15)7(18,19)9(22,23)11(27,28)29-2-1-3-30;1-6-2-4-7(5-3-6)11(8,9)10/h1-3,30H2;2-5H,1H3,(H,8,9,10). The maximum atomic E-state index is 13.3. The number of alkyl halides is 17. The predicted molar refractivity (Wildman–Crippen MR) is 107 cm³/mol. The molecule has 4 nitrogen and oxygen atoms in total. The van der Waals surface area contributed by atoms with Crippen molar-refractivity contribution in [2.45, 2.75) is 66.1 Å². The Labute approximate surface area is 221 Å². The second kappa shape index (κ2) is 12.1. The van der Waals surface area contributed by atoms with Gasteiger partial charge in [-0.25, -0.2) is 0 Å². The van der Waals surface area contributed by atoms with Crippen LogP contribution in [-0.2, 0) is 14.9 Å². The van der Waals surface area contributed by atoms with Crippen molar-refractivity contribution in [2.24, 2.45) is 0 Å². The van der Waals surface area contributed by atoms with Crippen LogP contribution in [0.2, 0.25) is 0 Å². The molecule has 1 N–H and O–H groups in total. The number of ether oxygens (including phenoxy) is 1. The molecule has 0 aliphatic rings. The number of benzene rings is 1. The van der Waals surface area contributed by atoms with Gasteiger partial charge in [0.15, 0.2) is 0 Å². The van der Waals surface area contributed by atoms with E-state index < -0.39 is 71.0 Å². The zero-order valence-corrected chi connectivity index (χ0v) is 21.5. The molecule has 0 aliphatic heterocycles. The van der Waals surface area contributed by atoms with Gasteiger partial charge in [0.05, 0.1) is 11.5 Å². The first-order chi connectivity index (χ1) is 17.8. The molecule has 0 aromatic heterocycles. The molecule has 1 unspecified atom stereocenters. The van der Waals surface area contributed by atoms with Crippen molar-refractivity contribution < 1.29 is 92.3 Å². The van der Waals surface area contributed by atoms with Gasteiger partial charge in [-0.05, 0) is 31.6 Å². The van der Waals surface area contributed by atoms with E-state index in [1.54, 1.807) is 21.4 Å². The highest BCUT2D eigenvalue weighted by Crippen LogP contribution is 2.64. The Morgan fingerprint density at radius 1 is 0.659 bits per heavy atom. The first kappa shape index (κ1) is 39.3. The third-order valence-corrected chi connectivity index (χ3v) is 5.92. The van der Waals surface area contributed by atoms with Crippen LogP contribution in [0.5, 0.6) is 0 Å².